The number of rotatable bonds is 5. The average molecular weight is 420 g/mol. The van der Waals surface area contributed by atoms with Crippen LogP contribution in [0.2, 0.25) is 0 Å². The molecule has 0 amide bonds. The maximum Gasteiger partial charge on any atom is 0.350 e. The molecule has 1 aliphatic rings. The molecule has 0 saturated carbocycles. The first-order chi connectivity index (χ1) is 14.9. The summed E-state index contributed by atoms with van der Waals surface area (Å²) < 4.78 is 12.7. The summed E-state index contributed by atoms with van der Waals surface area (Å²) in [4.78, 5) is 19.6. The Labute approximate surface area is 183 Å². The predicted octanol–water partition coefficient (Wildman–Crippen LogP) is 4.57. The number of nitrogens with zero attached hydrogens (tertiary/aromatic N) is 3. The third-order valence-electron chi connectivity index (χ3n) is 5.99. The quantitative estimate of drug-likeness (QED) is 0.607. The van der Waals surface area contributed by atoms with Crippen LogP contribution in [0.5, 0.6) is 11.5 Å². The summed E-state index contributed by atoms with van der Waals surface area (Å²) in [6.07, 6.45) is 0.747. The van der Waals surface area contributed by atoms with E-state index in [2.05, 4.69) is 49.7 Å². The van der Waals surface area contributed by atoms with E-state index in [4.69, 9.17) is 9.47 Å². The highest BCUT2D eigenvalue weighted by Crippen LogP contribution is 2.39. The van der Waals surface area contributed by atoms with E-state index >= 15 is 0 Å². The molecule has 0 bridgehead atoms. The molecule has 6 heteroatoms. The van der Waals surface area contributed by atoms with E-state index < -0.39 is 0 Å². The molecule has 0 unspecified atom stereocenters. The van der Waals surface area contributed by atoms with Gasteiger partial charge >= 0.3 is 5.69 Å². The first-order valence-corrected chi connectivity index (χ1v) is 10.6. The van der Waals surface area contributed by atoms with Gasteiger partial charge in [0.2, 0.25) is 0 Å². The summed E-state index contributed by atoms with van der Waals surface area (Å²) in [6, 6.07) is 10.3. The zero-order valence-electron chi connectivity index (χ0n) is 19.1. The Balaban J connectivity index is 1.91. The Bertz CT molecular complexity index is 1190. The molecule has 2 heterocycles. The Morgan fingerprint density at radius 3 is 2.26 bits per heavy atom. The van der Waals surface area contributed by atoms with Gasteiger partial charge < -0.3 is 14.4 Å². The molecule has 0 N–H and O–H groups in total. The van der Waals surface area contributed by atoms with Crippen molar-refractivity contribution in [2.75, 3.05) is 25.7 Å². The van der Waals surface area contributed by atoms with Gasteiger partial charge in [-0.05, 0) is 62.9 Å². The van der Waals surface area contributed by atoms with Gasteiger partial charge in [-0.25, -0.2) is 4.79 Å². The van der Waals surface area contributed by atoms with Crippen molar-refractivity contribution in [1.82, 2.24) is 9.55 Å². The lowest BCUT2D eigenvalue weighted by Crippen LogP contribution is -2.31. The zero-order valence-corrected chi connectivity index (χ0v) is 19.1. The third-order valence-corrected chi connectivity index (χ3v) is 5.99. The standard InChI is InChI=1S/C25H29N3O3/c1-7-27(24-16(3)10-15(2)11-17(24)4)23-14-20-19-13-22(31-6)21(30-5)12-18(19)8-9-28(20)25(29)26-23/h10-14H,7-9H2,1-6H3. The normalized spacial score (nSPS) is 12.2. The highest BCUT2D eigenvalue weighted by molar-refractivity contribution is 5.75. The predicted molar refractivity (Wildman–Crippen MR) is 124 cm³/mol. The summed E-state index contributed by atoms with van der Waals surface area (Å²) in [5.74, 6) is 2.02. The van der Waals surface area contributed by atoms with Crippen molar-refractivity contribution in [3.63, 3.8) is 0 Å². The number of methoxy groups -OCH3 is 2. The number of fused-ring (bicyclic) bond motifs is 3. The SMILES string of the molecule is CCN(c1cc2n(c(=O)n1)CCc1cc(OC)c(OC)cc1-2)c1c(C)cc(C)cc1C. The molecule has 0 spiro atoms. The average Bonchev–Trinajstić information content (AvgIpc) is 2.74. The maximum atomic E-state index is 13.0. The summed E-state index contributed by atoms with van der Waals surface area (Å²) in [5.41, 5.74) is 7.43. The number of hydrogen-bond acceptors (Lipinski definition) is 5. The monoisotopic (exact) mass is 419 g/mol. The van der Waals surface area contributed by atoms with Gasteiger partial charge in [0.05, 0.1) is 19.9 Å². The van der Waals surface area contributed by atoms with Gasteiger partial charge in [-0.3, -0.25) is 4.57 Å². The topological polar surface area (TPSA) is 56.6 Å². The lowest BCUT2D eigenvalue weighted by atomic mass is 9.96. The zero-order chi connectivity index (χ0) is 22.3. The van der Waals surface area contributed by atoms with Crippen molar-refractivity contribution in [3.05, 3.63) is 63.1 Å². The van der Waals surface area contributed by atoms with Gasteiger partial charge in [0.15, 0.2) is 11.5 Å². The van der Waals surface area contributed by atoms with Crippen LogP contribution >= 0.6 is 0 Å². The van der Waals surface area contributed by atoms with Crippen LogP contribution < -0.4 is 20.1 Å². The van der Waals surface area contributed by atoms with Gasteiger partial charge in [0, 0.05) is 30.4 Å². The molecule has 6 nitrogen and oxygen atoms in total. The molecule has 31 heavy (non-hydrogen) atoms. The van der Waals surface area contributed by atoms with Crippen LogP contribution in [0.15, 0.2) is 35.1 Å². The molecule has 0 aliphatic carbocycles. The van der Waals surface area contributed by atoms with E-state index in [0.29, 0.717) is 30.4 Å². The minimum absolute atomic E-state index is 0.228. The van der Waals surface area contributed by atoms with E-state index in [1.54, 1.807) is 18.8 Å². The van der Waals surface area contributed by atoms with Gasteiger partial charge in [-0.15, -0.1) is 0 Å². The third kappa shape index (κ3) is 3.56. The van der Waals surface area contributed by atoms with E-state index in [0.717, 1.165) is 28.9 Å². The van der Waals surface area contributed by atoms with Crippen molar-refractivity contribution < 1.29 is 9.47 Å². The second kappa shape index (κ2) is 8.10. The molecule has 0 fully saturated rings. The minimum Gasteiger partial charge on any atom is -0.493 e. The molecule has 4 rings (SSSR count). The fourth-order valence-electron chi connectivity index (χ4n) is 4.70. The first kappa shape index (κ1) is 21.0. The fourth-order valence-corrected chi connectivity index (χ4v) is 4.70. The lowest BCUT2D eigenvalue weighted by Gasteiger charge is -2.29. The van der Waals surface area contributed by atoms with Crippen molar-refractivity contribution in [2.24, 2.45) is 0 Å². The summed E-state index contributed by atoms with van der Waals surface area (Å²) in [7, 11) is 3.26. The number of hydrogen-bond donors (Lipinski definition) is 0. The smallest absolute Gasteiger partial charge is 0.350 e. The molecule has 1 aliphatic heterocycles. The maximum absolute atomic E-state index is 13.0. The van der Waals surface area contributed by atoms with Gasteiger partial charge in [-0.1, -0.05) is 17.7 Å². The van der Waals surface area contributed by atoms with Crippen LogP contribution in [0.25, 0.3) is 11.3 Å². The van der Waals surface area contributed by atoms with Gasteiger partial charge in [-0.2, -0.15) is 4.98 Å². The number of benzene rings is 2. The summed E-state index contributed by atoms with van der Waals surface area (Å²) in [5, 5.41) is 0. The molecule has 0 atom stereocenters. The van der Waals surface area contributed by atoms with Crippen molar-refractivity contribution in [3.8, 4) is 22.8 Å². The van der Waals surface area contributed by atoms with Crippen LogP contribution in [-0.2, 0) is 13.0 Å². The molecule has 162 valence electrons. The van der Waals surface area contributed by atoms with Crippen LogP contribution in [-0.4, -0.2) is 30.3 Å². The van der Waals surface area contributed by atoms with E-state index in [1.807, 2.05) is 18.2 Å². The van der Waals surface area contributed by atoms with E-state index in [-0.39, 0.29) is 5.69 Å². The summed E-state index contributed by atoms with van der Waals surface area (Å²) >= 11 is 0. The summed E-state index contributed by atoms with van der Waals surface area (Å²) in [6.45, 7) is 9.70. The van der Waals surface area contributed by atoms with Crippen LogP contribution in [0.1, 0.15) is 29.2 Å². The fraction of sp³-hybridized carbons (Fsp3) is 0.360. The molecular weight excluding hydrogens is 390 g/mol. The highest BCUT2D eigenvalue weighted by atomic mass is 16.5. The molecular formula is C25H29N3O3. The van der Waals surface area contributed by atoms with E-state index in [9.17, 15) is 4.79 Å². The number of anilines is 2. The van der Waals surface area contributed by atoms with Crippen molar-refractivity contribution >= 4 is 11.5 Å². The second-order valence-electron chi connectivity index (χ2n) is 8.04. The van der Waals surface area contributed by atoms with Gasteiger partial charge in [0.1, 0.15) is 5.82 Å². The molecule has 0 saturated heterocycles. The Morgan fingerprint density at radius 2 is 1.65 bits per heavy atom. The number of aromatic nitrogens is 2. The molecule has 0 radical (unpaired) electrons. The largest absolute Gasteiger partial charge is 0.493 e. The molecule has 3 aromatic rings. The Hall–Kier alpha value is -3.28. The Morgan fingerprint density at radius 1 is 1.00 bits per heavy atom. The lowest BCUT2D eigenvalue weighted by molar-refractivity contribution is 0.354. The molecule has 1 aromatic heterocycles. The second-order valence-corrected chi connectivity index (χ2v) is 8.04. The van der Waals surface area contributed by atoms with Gasteiger partial charge in [0.25, 0.3) is 0 Å². The van der Waals surface area contributed by atoms with Crippen molar-refractivity contribution in [2.45, 2.75) is 40.7 Å². The Kier molecular flexibility index (Phi) is 5.48. The van der Waals surface area contributed by atoms with E-state index in [1.165, 1.54) is 16.7 Å². The molecule has 2 aromatic carbocycles. The van der Waals surface area contributed by atoms with Crippen molar-refractivity contribution in [1.29, 1.82) is 0 Å². The van der Waals surface area contributed by atoms with Crippen LogP contribution in [0, 0.1) is 20.8 Å². The first-order valence-electron chi connectivity index (χ1n) is 10.6. The minimum atomic E-state index is -0.228. The number of ether oxygens (including phenoxy) is 2. The van der Waals surface area contributed by atoms with Crippen LogP contribution in [0.4, 0.5) is 11.5 Å². The van der Waals surface area contributed by atoms with Crippen LogP contribution in [0.3, 0.4) is 0 Å². The highest BCUT2D eigenvalue weighted by Gasteiger charge is 2.24. The number of aryl methyl sites for hydroxylation is 4.